The van der Waals surface area contributed by atoms with Gasteiger partial charge in [0.25, 0.3) is 0 Å². The first-order valence-electron chi connectivity index (χ1n) is 16.4. The molecule has 4 rings (SSSR count). The van der Waals surface area contributed by atoms with Crippen molar-refractivity contribution in [3.63, 3.8) is 0 Å². The van der Waals surface area contributed by atoms with Crippen LogP contribution >= 0.6 is 0 Å². The van der Waals surface area contributed by atoms with Crippen molar-refractivity contribution in [3.8, 4) is 0 Å². The number of hydrogen-bond donors (Lipinski definition) is 0. The molecule has 0 unspecified atom stereocenters. The monoisotopic (exact) mass is 536 g/mol. The van der Waals surface area contributed by atoms with E-state index in [4.69, 9.17) is 4.98 Å². The average Bonchev–Trinajstić information content (AvgIpc) is 3.36. The first-order chi connectivity index (χ1) is 19.9. The summed E-state index contributed by atoms with van der Waals surface area (Å²) in [6, 6.07) is 30.4. The van der Waals surface area contributed by atoms with Crippen LogP contribution in [0.25, 0.3) is 11.0 Å². The lowest BCUT2D eigenvalue weighted by atomic mass is 9.90. The molecule has 214 valence electrons. The fraction of sp³-hybridized carbons (Fsp3) is 0.500. The van der Waals surface area contributed by atoms with Gasteiger partial charge in [-0.05, 0) is 29.7 Å². The molecule has 0 amide bonds. The molecular formula is C38H52N2. The molecular weight excluding hydrogens is 484 g/mol. The van der Waals surface area contributed by atoms with E-state index in [9.17, 15) is 0 Å². The van der Waals surface area contributed by atoms with E-state index in [1.165, 1.54) is 125 Å². The summed E-state index contributed by atoms with van der Waals surface area (Å²) in [6.07, 6.45) is 22.4. The molecule has 0 aliphatic rings. The van der Waals surface area contributed by atoms with Crippen LogP contribution in [-0.2, 0) is 6.54 Å². The second-order valence-corrected chi connectivity index (χ2v) is 11.7. The molecule has 3 aromatic carbocycles. The summed E-state index contributed by atoms with van der Waals surface area (Å²) in [6.45, 7) is 3.33. The summed E-state index contributed by atoms with van der Waals surface area (Å²) < 4.78 is 2.50. The molecule has 40 heavy (non-hydrogen) atoms. The maximum Gasteiger partial charge on any atom is 0.121 e. The Kier molecular flexibility index (Phi) is 13.4. The maximum atomic E-state index is 5.22. The molecule has 0 fully saturated rings. The lowest BCUT2D eigenvalue weighted by Crippen LogP contribution is -2.12. The fourth-order valence-corrected chi connectivity index (χ4v) is 6.15. The van der Waals surface area contributed by atoms with E-state index in [0.29, 0.717) is 0 Å². The van der Waals surface area contributed by atoms with E-state index in [-0.39, 0.29) is 5.92 Å². The number of aryl methyl sites for hydroxylation is 1. The molecule has 0 radical (unpaired) electrons. The van der Waals surface area contributed by atoms with Crippen LogP contribution < -0.4 is 0 Å². The third-order valence-electron chi connectivity index (χ3n) is 8.44. The van der Waals surface area contributed by atoms with Crippen LogP contribution in [0.4, 0.5) is 0 Å². The van der Waals surface area contributed by atoms with Gasteiger partial charge in [-0.2, -0.15) is 0 Å². The molecule has 1 aromatic heterocycles. The van der Waals surface area contributed by atoms with Gasteiger partial charge in [-0.1, -0.05) is 176 Å². The summed E-state index contributed by atoms with van der Waals surface area (Å²) in [4.78, 5) is 5.22. The summed E-state index contributed by atoms with van der Waals surface area (Å²) in [5, 5.41) is 0. The molecule has 1 heterocycles. The first-order valence-corrected chi connectivity index (χ1v) is 16.4. The standard InChI is InChI=1S/C38H52N2/c1-2-3-4-5-6-7-8-9-10-11-12-13-14-15-16-25-32-40-36-31-24-23-30-35(36)39-38(40)37(33-26-19-17-20-27-33)34-28-21-18-22-29-34/h17-24,26-31,37H,2-16,25,32H2,1H3. The lowest BCUT2D eigenvalue weighted by Gasteiger charge is -2.20. The average molecular weight is 537 g/mol. The van der Waals surface area contributed by atoms with E-state index < -0.39 is 0 Å². The number of benzene rings is 3. The van der Waals surface area contributed by atoms with Crippen LogP contribution in [0.2, 0.25) is 0 Å². The number of imidazole rings is 1. The molecule has 0 aliphatic carbocycles. The first kappa shape index (κ1) is 30.1. The number of para-hydroxylation sites is 2. The second kappa shape index (κ2) is 17.7. The van der Waals surface area contributed by atoms with E-state index in [2.05, 4.69) is 96.4 Å². The Balaban J connectivity index is 1.23. The Hall–Kier alpha value is -2.87. The van der Waals surface area contributed by atoms with Gasteiger partial charge >= 0.3 is 0 Å². The molecule has 2 heteroatoms. The maximum absolute atomic E-state index is 5.22. The quantitative estimate of drug-likeness (QED) is 0.103. The summed E-state index contributed by atoms with van der Waals surface area (Å²) >= 11 is 0. The molecule has 0 saturated heterocycles. The normalized spacial score (nSPS) is 11.6. The van der Waals surface area contributed by atoms with Gasteiger partial charge in [-0.25, -0.2) is 4.98 Å². The number of rotatable bonds is 20. The van der Waals surface area contributed by atoms with E-state index in [0.717, 1.165) is 12.1 Å². The molecule has 0 N–H and O–H groups in total. The number of aromatic nitrogens is 2. The van der Waals surface area contributed by atoms with Crippen LogP contribution in [0.5, 0.6) is 0 Å². The number of nitrogens with zero attached hydrogens (tertiary/aromatic N) is 2. The highest BCUT2D eigenvalue weighted by atomic mass is 15.1. The van der Waals surface area contributed by atoms with Gasteiger partial charge in [0.1, 0.15) is 5.82 Å². The second-order valence-electron chi connectivity index (χ2n) is 11.7. The van der Waals surface area contributed by atoms with Crippen molar-refractivity contribution in [3.05, 3.63) is 102 Å². The van der Waals surface area contributed by atoms with Gasteiger partial charge in [-0.15, -0.1) is 0 Å². The van der Waals surface area contributed by atoms with Crippen molar-refractivity contribution >= 4 is 11.0 Å². The van der Waals surface area contributed by atoms with Crippen LogP contribution in [-0.4, -0.2) is 9.55 Å². The van der Waals surface area contributed by atoms with Gasteiger partial charge in [0, 0.05) is 6.54 Å². The molecule has 2 nitrogen and oxygen atoms in total. The largest absolute Gasteiger partial charge is 0.327 e. The Morgan fingerprint density at radius 3 is 1.43 bits per heavy atom. The SMILES string of the molecule is CCCCCCCCCCCCCCCCCCn1c(C(c2ccccc2)c2ccccc2)nc2ccccc21. The minimum atomic E-state index is 0.135. The van der Waals surface area contributed by atoms with Crippen LogP contribution in [0.15, 0.2) is 84.9 Å². The zero-order valence-electron chi connectivity index (χ0n) is 25.1. The summed E-state index contributed by atoms with van der Waals surface area (Å²) in [7, 11) is 0. The lowest BCUT2D eigenvalue weighted by molar-refractivity contribution is 0.519. The van der Waals surface area contributed by atoms with E-state index >= 15 is 0 Å². The van der Waals surface area contributed by atoms with E-state index in [1.54, 1.807) is 0 Å². The van der Waals surface area contributed by atoms with Crippen molar-refractivity contribution < 1.29 is 0 Å². The molecule has 0 bridgehead atoms. The topological polar surface area (TPSA) is 17.8 Å². The van der Waals surface area contributed by atoms with Gasteiger partial charge in [0.05, 0.1) is 17.0 Å². The highest BCUT2D eigenvalue weighted by molar-refractivity contribution is 5.76. The van der Waals surface area contributed by atoms with Gasteiger partial charge in [-0.3, -0.25) is 0 Å². The molecule has 0 atom stereocenters. The predicted molar refractivity (Wildman–Crippen MR) is 173 cm³/mol. The number of hydrogen-bond acceptors (Lipinski definition) is 1. The third kappa shape index (κ3) is 9.36. The predicted octanol–water partition coefficient (Wildman–Crippen LogP) is 11.5. The molecule has 4 aromatic rings. The number of fused-ring (bicyclic) bond motifs is 1. The Morgan fingerprint density at radius 1 is 0.500 bits per heavy atom. The van der Waals surface area contributed by atoms with Crippen molar-refractivity contribution in [2.75, 3.05) is 0 Å². The van der Waals surface area contributed by atoms with Crippen LogP contribution in [0, 0.1) is 0 Å². The Bertz CT molecular complexity index is 1150. The van der Waals surface area contributed by atoms with Crippen molar-refractivity contribution in [2.45, 2.75) is 122 Å². The summed E-state index contributed by atoms with van der Waals surface area (Å²) in [5.74, 6) is 1.30. The highest BCUT2D eigenvalue weighted by Crippen LogP contribution is 2.33. The minimum Gasteiger partial charge on any atom is -0.327 e. The zero-order valence-corrected chi connectivity index (χ0v) is 25.1. The Morgan fingerprint density at radius 2 is 0.925 bits per heavy atom. The minimum absolute atomic E-state index is 0.135. The van der Waals surface area contributed by atoms with Crippen molar-refractivity contribution in [1.29, 1.82) is 0 Å². The summed E-state index contributed by atoms with van der Waals surface area (Å²) in [5.41, 5.74) is 4.97. The third-order valence-corrected chi connectivity index (χ3v) is 8.44. The van der Waals surface area contributed by atoms with Crippen molar-refractivity contribution in [1.82, 2.24) is 9.55 Å². The molecule has 0 aliphatic heterocycles. The fourth-order valence-electron chi connectivity index (χ4n) is 6.15. The van der Waals surface area contributed by atoms with Crippen molar-refractivity contribution in [2.24, 2.45) is 0 Å². The smallest absolute Gasteiger partial charge is 0.121 e. The molecule has 0 saturated carbocycles. The molecule has 0 spiro atoms. The van der Waals surface area contributed by atoms with Gasteiger partial charge < -0.3 is 4.57 Å². The van der Waals surface area contributed by atoms with Crippen LogP contribution in [0.3, 0.4) is 0 Å². The zero-order chi connectivity index (χ0) is 27.7. The van der Waals surface area contributed by atoms with Gasteiger partial charge in [0.2, 0.25) is 0 Å². The Labute approximate surface area is 244 Å². The van der Waals surface area contributed by atoms with Gasteiger partial charge in [0.15, 0.2) is 0 Å². The number of unbranched alkanes of at least 4 members (excludes halogenated alkanes) is 15. The van der Waals surface area contributed by atoms with Crippen LogP contribution in [0.1, 0.15) is 133 Å². The van der Waals surface area contributed by atoms with E-state index in [1.807, 2.05) is 0 Å². The highest BCUT2D eigenvalue weighted by Gasteiger charge is 2.23.